The number of halogens is 1. The SMILES string of the molecule is Cc1cc2ncc(CN)n2c2c(F)cccc12. The standard InChI is InChI=1S/C13H12FN3/c1-8-5-12-16-7-9(6-15)17(12)13-10(8)3-2-4-11(13)14/h2-5,7H,6,15H2,1H3. The highest BCUT2D eigenvalue weighted by Crippen LogP contribution is 2.24. The number of pyridine rings is 1. The number of nitrogens with two attached hydrogens (primary N) is 1. The molecule has 3 nitrogen and oxygen atoms in total. The van der Waals surface area contributed by atoms with Gasteiger partial charge in [-0.2, -0.15) is 0 Å². The predicted molar refractivity (Wildman–Crippen MR) is 65.3 cm³/mol. The molecule has 0 aliphatic heterocycles. The summed E-state index contributed by atoms with van der Waals surface area (Å²) in [5.74, 6) is -0.246. The second-order valence-electron chi connectivity index (χ2n) is 4.11. The average molecular weight is 229 g/mol. The third-order valence-electron chi connectivity index (χ3n) is 3.05. The van der Waals surface area contributed by atoms with E-state index in [0.717, 1.165) is 22.3 Å². The lowest BCUT2D eigenvalue weighted by atomic mass is 10.1. The topological polar surface area (TPSA) is 43.3 Å². The van der Waals surface area contributed by atoms with Gasteiger partial charge in [-0.1, -0.05) is 12.1 Å². The van der Waals surface area contributed by atoms with Crippen LogP contribution in [0.3, 0.4) is 0 Å². The Morgan fingerprint density at radius 1 is 1.41 bits per heavy atom. The summed E-state index contributed by atoms with van der Waals surface area (Å²) >= 11 is 0. The summed E-state index contributed by atoms with van der Waals surface area (Å²) in [5, 5.41) is 0.894. The minimum absolute atomic E-state index is 0.246. The summed E-state index contributed by atoms with van der Waals surface area (Å²) < 4.78 is 15.8. The summed E-state index contributed by atoms with van der Waals surface area (Å²) in [6.07, 6.45) is 1.70. The van der Waals surface area contributed by atoms with Crippen LogP contribution in [0.4, 0.5) is 4.39 Å². The summed E-state index contributed by atoms with van der Waals surface area (Å²) in [5.41, 5.74) is 8.78. The van der Waals surface area contributed by atoms with Crippen LogP contribution in [0.2, 0.25) is 0 Å². The van der Waals surface area contributed by atoms with Crippen LogP contribution in [0.5, 0.6) is 0 Å². The van der Waals surface area contributed by atoms with Gasteiger partial charge < -0.3 is 5.73 Å². The Morgan fingerprint density at radius 3 is 3.00 bits per heavy atom. The normalized spacial score (nSPS) is 11.5. The van der Waals surface area contributed by atoms with Crippen LogP contribution in [0.25, 0.3) is 16.6 Å². The number of aromatic nitrogens is 2. The zero-order chi connectivity index (χ0) is 12.0. The van der Waals surface area contributed by atoms with Crippen molar-refractivity contribution in [2.24, 2.45) is 5.73 Å². The Hall–Kier alpha value is -1.94. The van der Waals surface area contributed by atoms with Gasteiger partial charge in [-0.15, -0.1) is 0 Å². The molecule has 0 aliphatic rings. The molecule has 0 saturated heterocycles. The molecule has 0 spiro atoms. The molecular weight excluding hydrogens is 217 g/mol. The van der Waals surface area contributed by atoms with E-state index in [0.29, 0.717) is 12.1 Å². The molecule has 2 aromatic heterocycles. The summed E-state index contributed by atoms with van der Waals surface area (Å²) in [4.78, 5) is 4.26. The highest BCUT2D eigenvalue weighted by molar-refractivity contribution is 5.86. The average Bonchev–Trinajstić information content (AvgIpc) is 2.72. The van der Waals surface area contributed by atoms with Crippen molar-refractivity contribution in [3.05, 3.63) is 47.5 Å². The highest BCUT2D eigenvalue weighted by Gasteiger charge is 2.11. The van der Waals surface area contributed by atoms with Crippen LogP contribution >= 0.6 is 0 Å². The predicted octanol–water partition coefficient (Wildman–Crippen LogP) is 2.39. The van der Waals surface area contributed by atoms with Gasteiger partial charge in [-0.25, -0.2) is 9.37 Å². The molecule has 1 aromatic carbocycles. The first-order valence-electron chi connectivity index (χ1n) is 5.46. The smallest absolute Gasteiger partial charge is 0.147 e. The molecule has 0 aliphatic carbocycles. The van der Waals surface area contributed by atoms with Crippen LogP contribution in [0.1, 0.15) is 11.3 Å². The molecule has 0 fully saturated rings. The second-order valence-corrected chi connectivity index (χ2v) is 4.11. The molecule has 0 atom stereocenters. The first-order valence-corrected chi connectivity index (χ1v) is 5.46. The van der Waals surface area contributed by atoms with E-state index in [1.165, 1.54) is 6.07 Å². The number of rotatable bonds is 1. The Balaban J connectivity index is 2.63. The van der Waals surface area contributed by atoms with Crippen molar-refractivity contribution in [3.8, 4) is 0 Å². The maximum atomic E-state index is 14.0. The molecule has 86 valence electrons. The highest BCUT2D eigenvalue weighted by atomic mass is 19.1. The second kappa shape index (κ2) is 3.53. The minimum atomic E-state index is -0.246. The molecule has 4 heteroatoms. The fourth-order valence-electron chi connectivity index (χ4n) is 2.24. The van der Waals surface area contributed by atoms with Crippen LogP contribution in [-0.2, 0) is 6.54 Å². The fraction of sp³-hybridized carbons (Fsp3) is 0.154. The number of aryl methyl sites for hydroxylation is 1. The number of hydrogen-bond donors (Lipinski definition) is 1. The molecule has 2 heterocycles. The van der Waals surface area contributed by atoms with Crippen LogP contribution < -0.4 is 5.73 Å². The number of para-hydroxylation sites is 1. The molecule has 3 rings (SSSR count). The van der Waals surface area contributed by atoms with E-state index in [1.54, 1.807) is 16.7 Å². The quantitative estimate of drug-likeness (QED) is 0.696. The van der Waals surface area contributed by atoms with Gasteiger partial charge in [0.2, 0.25) is 0 Å². The third kappa shape index (κ3) is 1.34. The largest absolute Gasteiger partial charge is 0.325 e. The first-order chi connectivity index (χ1) is 8.22. The lowest BCUT2D eigenvalue weighted by Crippen LogP contribution is -2.03. The first kappa shape index (κ1) is 10.2. The Labute approximate surface area is 97.7 Å². The van der Waals surface area contributed by atoms with E-state index in [4.69, 9.17) is 5.73 Å². The fourth-order valence-corrected chi connectivity index (χ4v) is 2.24. The minimum Gasteiger partial charge on any atom is -0.325 e. The van der Waals surface area contributed by atoms with Crippen LogP contribution in [0.15, 0.2) is 30.5 Å². The van der Waals surface area contributed by atoms with Gasteiger partial charge >= 0.3 is 0 Å². The van der Waals surface area contributed by atoms with Crippen LogP contribution in [-0.4, -0.2) is 9.38 Å². The Morgan fingerprint density at radius 2 is 2.24 bits per heavy atom. The van der Waals surface area contributed by atoms with Gasteiger partial charge in [0, 0.05) is 11.9 Å². The van der Waals surface area contributed by atoms with E-state index < -0.39 is 0 Å². The van der Waals surface area contributed by atoms with Gasteiger partial charge in [-0.3, -0.25) is 4.40 Å². The molecule has 17 heavy (non-hydrogen) atoms. The molecule has 2 N–H and O–H groups in total. The van der Waals surface area contributed by atoms with Gasteiger partial charge in [0.05, 0.1) is 17.4 Å². The van der Waals surface area contributed by atoms with Gasteiger partial charge in [0.1, 0.15) is 11.5 Å². The zero-order valence-electron chi connectivity index (χ0n) is 9.44. The Bertz CT molecular complexity index is 715. The van der Waals surface area contributed by atoms with E-state index >= 15 is 0 Å². The number of hydrogen-bond acceptors (Lipinski definition) is 2. The van der Waals surface area contributed by atoms with Crippen molar-refractivity contribution in [2.45, 2.75) is 13.5 Å². The molecule has 3 aromatic rings. The van der Waals surface area contributed by atoms with E-state index in [-0.39, 0.29) is 5.82 Å². The number of fused-ring (bicyclic) bond motifs is 3. The number of nitrogens with zero attached hydrogens (tertiary/aromatic N) is 2. The zero-order valence-corrected chi connectivity index (χ0v) is 9.44. The maximum absolute atomic E-state index is 14.0. The van der Waals surface area contributed by atoms with Gasteiger partial charge in [0.25, 0.3) is 0 Å². The molecular formula is C13H12FN3. The Kier molecular flexibility index (Phi) is 2.12. The maximum Gasteiger partial charge on any atom is 0.147 e. The molecule has 0 radical (unpaired) electrons. The summed E-state index contributed by atoms with van der Waals surface area (Å²) in [6.45, 7) is 2.30. The van der Waals surface area contributed by atoms with Gasteiger partial charge in [0.15, 0.2) is 0 Å². The molecule has 0 amide bonds. The van der Waals surface area contributed by atoms with Crippen molar-refractivity contribution in [1.29, 1.82) is 0 Å². The van der Waals surface area contributed by atoms with Crippen molar-refractivity contribution >= 4 is 16.6 Å². The molecule has 0 saturated carbocycles. The molecule has 0 bridgehead atoms. The van der Waals surface area contributed by atoms with Gasteiger partial charge in [-0.05, 0) is 24.6 Å². The summed E-state index contributed by atoms with van der Waals surface area (Å²) in [6, 6.07) is 7.03. The van der Waals surface area contributed by atoms with Crippen molar-refractivity contribution in [2.75, 3.05) is 0 Å². The van der Waals surface area contributed by atoms with Crippen molar-refractivity contribution in [3.63, 3.8) is 0 Å². The van der Waals surface area contributed by atoms with E-state index in [9.17, 15) is 4.39 Å². The lowest BCUT2D eigenvalue weighted by Gasteiger charge is -2.08. The monoisotopic (exact) mass is 229 g/mol. The third-order valence-corrected chi connectivity index (χ3v) is 3.05. The van der Waals surface area contributed by atoms with E-state index in [1.807, 2.05) is 19.1 Å². The lowest BCUT2D eigenvalue weighted by molar-refractivity contribution is 0.634. The number of imidazole rings is 1. The summed E-state index contributed by atoms with van der Waals surface area (Å²) in [7, 11) is 0. The van der Waals surface area contributed by atoms with Crippen molar-refractivity contribution < 1.29 is 4.39 Å². The van der Waals surface area contributed by atoms with Crippen molar-refractivity contribution in [1.82, 2.24) is 9.38 Å². The van der Waals surface area contributed by atoms with E-state index in [2.05, 4.69) is 4.98 Å². The number of benzene rings is 1. The van der Waals surface area contributed by atoms with Crippen LogP contribution in [0, 0.1) is 12.7 Å². The molecule has 0 unspecified atom stereocenters.